The van der Waals surface area contributed by atoms with Gasteiger partial charge in [-0.15, -0.1) is 0 Å². The minimum absolute atomic E-state index is 0.0429. The highest BCUT2D eigenvalue weighted by Crippen LogP contribution is 2.25. The number of nitrogens with two attached hydrogens (primary N) is 1. The zero-order valence-corrected chi connectivity index (χ0v) is 11.6. The lowest BCUT2D eigenvalue weighted by Crippen LogP contribution is -2.50. The summed E-state index contributed by atoms with van der Waals surface area (Å²) in [6.45, 7) is 5.32. The van der Waals surface area contributed by atoms with Gasteiger partial charge < -0.3 is 15.8 Å². The molecule has 0 aromatic heterocycles. The number of rotatable bonds is 4. The van der Waals surface area contributed by atoms with Crippen molar-refractivity contribution < 1.29 is 9.53 Å². The maximum absolute atomic E-state index is 12.3. The van der Waals surface area contributed by atoms with E-state index in [0.717, 1.165) is 18.4 Å². The van der Waals surface area contributed by atoms with Gasteiger partial charge in [-0.25, -0.2) is 0 Å². The molecule has 1 aromatic carbocycles. The molecule has 0 saturated carbocycles. The Morgan fingerprint density at radius 1 is 1.58 bits per heavy atom. The Balaban J connectivity index is 2.09. The summed E-state index contributed by atoms with van der Waals surface area (Å²) in [7, 11) is 0. The maximum Gasteiger partial charge on any atom is 0.251 e. The Morgan fingerprint density at radius 3 is 3.00 bits per heavy atom. The quantitative estimate of drug-likeness (QED) is 0.864. The monoisotopic (exact) mass is 262 g/mol. The van der Waals surface area contributed by atoms with E-state index in [1.54, 1.807) is 0 Å². The molecule has 4 heteroatoms. The predicted octanol–water partition coefficient (Wildman–Crippen LogP) is 1.49. The van der Waals surface area contributed by atoms with Crippen LogP contribution in [0, 0.1) is 0 Å². The molecular weight excluding hydrogens is 240 g/mol. The van der Waals surface area contributed by atoms with E-state index in [4.69, 9.17) is 10.5 Å². The largest absolute Gasteiger partial charge is 0.376 e. The Kier molecular flexibility index (Phi) is 4.22. The summed E-state index contributed by atoms with van der Waals surface area (Å²) in [6, 6.07) is 7.63. The zero-order valence-electron chi connectivity index (χ0n) is 11.6. The van der Waals surface area contributed by atoms with Crippen LogP contribution in [-0.2, 0) is 11.2 Å². The van der Waals surface area contributed by atoms with Crippen molar-refractivity contribution in [2.24, 2.45) is 5.73 Å². The molecule has 0 aliphatic carbocycles. The third-order valence-electron chi connectivity index (χ3n) is 3.91. The van der Waals surface area contributed by atoms with E-state index in [-0.39, 0.29) is 17.6 Å². The molecule has 1 heterocycles. The molecular formula is C15H22N2O2. The molecule has 4 nitrogen and oxygen atoms in total. The maximum atomic E-state index is 12.3. The fraction of sp³-hybridized carbons (Fsp3) is 0.533. The summed E-state index contributed by atoms with van der Waals surface area (Å²) in [5.41, 5.74) is 7.04. The number of carbonyl (C=O) groups excluding carboxylic acids is 1. The molecule has 1 amide bonds. The number of benzene rings is 1. The number of amides is 1. The van der Waals surface area contributed by atoms with Gasteiger partial charge in [0.2, 0.25) is 0 Å². The van der Waals surface area contributed by atoms with Crippen LogP contribution in [0.2, 0.25) is 0 Å². The molecule has 0 bridgehead atoms. The molecule has 0 spiro atoms. The van der Waals surface area contributed by atoms with Crippen molar-refractivity contribution in [2.45, 2.75) is 38.3 Å². The van der Waals surface area contributed by atoms with Crippen LogP contribution in [0.25, 0.3) is 0 Å². The van der Waals surface area contributed by atoms with E-state index in [1.807, 2.05) is 38.1 Å². The zero-order chi connectivity index (χ0) is 13.9. The van der Waals surface area contributed by atoms with Crippen LogP contribution < -0.4 is 11.1 Å². The lowest BCUT2D eigenvalue weighted by Gasteiger charge is -2.29. The molecule has 2 rings (SSSR count). The third kappa shape index (κ3) is 3.14. The normalized spacial score (nSPS) is 26.4. The molecule has 0 radical (unpaired) electrons. The van der Waals surface area contributed by atoms with Gasteiger partial charge in [-0.2, -0.15) is 0 Å². The fourth-order valence-corrected chi connectivity index (χ4v) is 2.37. The lowest BCUT2D eigenvalue weighted by atomic mass is 9.94. The van der Waals surface area contributed by atoms with Crippen LogP contribution in [0.15, 0.2) is 24.3 Å². The number of carbonyl (C=O) groups is 1. The average molecular weight is 262 g/mol. The van der Waals surface area contributed by atoms with Crippen LogP contribution >= 0.6 is 0 Å². The van der Waals surface area contributed by atoms with Crippen molar-refractivity contribution >= 4 is 5.91 Å². The Labute approximate surface area is 114 Å². The van der Waals surface area contributed by atoms with Crippen LogP contribution in [0.3, 0.4) is 0 Å². The highest BCUT2D eigenvalue weighted by atomic mass is 16.5. The number of hydrogen-bond acceptors (Lipinski definition) is 3. The van der Waals surface area contributed by atoms with E-state index in [2.05, 4.69) is 5.32 Å². The smallest absolute Gasteiger partial charge is 0.251 e. The van der Waals surface area contributed by atoms with Gasteiger partial charge in [-0.1, -0.05) is 12.1 Å². The minimum Gasteiger partial charge on any atom is -0.376 e. The van der Waals surface area contributed by atoms with E-state index in [1.165, 1.54) is 0 Å². The van der Waals surface area contributed by atoms with E-state index in [0.29, 0.717) is 18.7 Å². The second-order valence-corrected chi connectivity index (χ2v) is 5.37. The molecule has 1 fully saturated rings. The SMILES string of the molecule is CC1OCCC1(C)NC(=O)c1cccc(CCN)c1. The van der Waals surface area contributed by atoms with Crippen molar-refractivity contribution in [3.05, 3.63) is 35.4 Å². The van der Waals surface area contributed by atoms with Gasteiger partial charge in [-0.3, -0.25) is 4.79 Å². The first-order valence-electron chi connectivity index (χ1n) is 6.78. The summed E-state index contributed by atoms with van der Waals surface area (Å²) in [4.78, 5) is 12.3. The van der Waals surface area contributed by atoms with Crippen molar-refractivity contribution in [1.82, 2.24) is 5.32 Å². The van der Waals surface area contributed by atoms with Gasteiger partial charge in [0.25, 0.3) is 5.91 Å². The van der Waals surface area contributed by atoms with Crippen LogP contribution in [0.4, 0.5) is 0 Å². The molecule has 1 aromatic rings. The Hall–Kier alpha value is -1.39. The van der Waals surface area contributed by atoms with Crippen molar-refractivity contribution in [3.8, 4) is 0 Å². The summed E-state index contributed by atoms with van der Waals surface area (Å²) in [6.07, 6.45) is 1.68. The summed E-state index contributed by atoms with van der Waals surface area (Å²) < 4.78 is 5.54. The Morgan fingerprint density at radius 2 is 2.37 bits per heavy atom. The Bertz CT molecular complexity index is 461. The van der Waals surface area contributed by atoms with Gasteiger partial charge in [0.15, 0.2) is 0 Å². The van der Waals surface area contributed by atoms with Gasteiger partial charge in [0.1, 0.15) is 0 Å². The third-order valence-corrected chi connectivity index (χ3v) is 3.91. The molecule has 3 N–H and O–H groups in total. The first-order valence-corrected chi connectivity index (χ1v) is 6.78. The van der Waals surface area contributed by atoms with Gasteiger partial charge in [0, 0.05) is 12.2 Å². The number of hydrogen-bond donors (Lipinski definition) is 2. The van der Waals surface area contributed by atoms with E-state index >= 15 is 0 Å². The van der Waals surface area contributed by atoms with Crippen molar-refractivity contribution in [2.75, 3.05) is 13.2 Å². The number of nitrogens with one attached hydrogen (secondary N) is 1. The molecule has 1 aliphatic heterocycles. The summed E-state index contributed by atoms with van der Waals surface area (Å²) >= 11 is 0. The number of ether oxygens (including phenoxy) is 1. The lowest BCUT2D eigenvalue weighted by molar-refractivity contribution is 0.0727. The van der Waals surface area contributed by atoms with Crippen LogP contribution in [0.1, 0.15) is 36.2 Å². The van der Waals surface area contributed by atoms with Crippen LogP contribution in [-0.4, -0.2) is 30.7 Å². The summed E-state index contributed by atoms with van der Waals surface area (Å²) in [5, 5.41) is 3.10. The van der Waals surface area contributed by atoms with Crippen molar-refractivity contribution in [3.63, 3.8) is 0 Å². The molecule has 1 aliphatic rings. The van der Waals surface area contributed by atoms with E-state index in [9.17, 15) is 4.79 Å². The van der Waals surface area contributed by atoms with Gasteiger partial charge >= 0.3 is 0 Å². The predicted molar refractivity (Wildman–Crippen MR) is 75.1 cm³/mol. The standard InChI is InChI=1S/C15H22N2O2/c1-11-15(2,7-9-19-11)17-14(18)13-5-3-4-12(10-13)6-8-16/h3-5,10-11H,6-9,16H2,1-2H3,(H,17,18). The van der Waals surface area contributed by atoms with Gasteiger partial charge in [-0.05, 0) is 50.9 Å². The van der Waals surface area contributed by atoms with Crippen molar-refractivity contribution in [1.29, 1.82) is 0 Å². The molecule has 104 valence electrons. The topological polar surface area (TPSA) is 64.3 Å². The van der Waals surface area contributed by atoms with E-state index < -0.39 is 0 Å². The molecule has 2 unspecified atom stereocenters. The highest BCUT2D eigenvalue weighted by molar-refractivity contribution is 5.94. The van der Waals surface area contributed by atoms with Crippen LogP contribution in [0.5, 0.6) is 0 Å². The fourth-order valence-electron chi connectivity index (χ4n) is 2.37. The first kappa shape index (κ1) is 14.0. The first-order chi connectivity index (χ1) is 9.05. The summed E-state index contributed by atoms with van der Waals surface area (Å²) in [5.74, 6) is -0.0429. The molecule has 2 atom stereocenters. The highest BCUT2D eigenvalue weighted by Gasteiger charge is 2.38. The molecule has 19 heavy (non-hydrogen) atoms. The average Bonchev–Trinajstić information content (AvgIpc) is 2.70. The second-order valence-electron chi connectivity index (χ2n) is 5.37. The van der Waals surface area contributed by atoms with Gasteiger partial charge in [0.05, 0.1) is 11.6 Å². The second kappa shape index (κ2) is 5.72. The minimum atomic E-state index is -0.277. The molecule has 1 saturated heterocycles.